The average Bonchev–Trinajstić information content (AvgIpc) is 3.66. The van der Waals surface area contributed by atoms with Crippen LogP contribution < -0.4 is 0 Å². The van der Waals surface area contributed by atoms with Gasteiger partial charge in [-0.3, -0.25) is 4.90 Å². The van der Waals surface area contributed by atoms with Gasteiger partial charge in [-0.15, -0.1) is 0 Å². The molecule has 5 fully saturated rings. The summed E-state index contributed by atoms with van der Waals surface area (Å²) in [6.07, 6.45) is 43.7. The van der Waals surface area contributed by atoms with Crippen molar-refractivity contribution in [2.45, 2.75) is 205 Å². The van der Waals surface area contributed by atoms with E-state index in [1.54, 1.807) is 28.0 Å². The standard InChI is InChI=1S/C53H73BN2O/c1-50(2,3)35-24-25-42-40(31-35)54-41-32-36(51(4,5)6)30-39-48(41)56(52(7,8)53(39)26-15-10-16-27-53)45-29-34(33-18-11-9-12-19-33)28-44(47(45)54)55(42)43-22-17-21-38-37-20-13-14-23-46(37)57-49(38)43/h13-14,20,23-24,28-30,32-33,37,40-44,46-48H,9-12,15-19,21-22,25-27,31H2,1-8H3. The van der Waals surface area contributed by atoms with Crippen LogP contribution in [-0.2, 0) is 4.74 Å². The van der Waals surface area contributed by atoms with Crippen LogP contribution >= 0.6 is 0 Å². The first-order chi connectivity index (χ1) is 27.3. The van der Waals surface area contributed by atoms with Gasteiger partial charge in [0.05, 0.1) is 12.1 Å². The molecule has 0 N–H and O–H groups in total. The summed E-state index contributed by atoms with van der Waals surface area (Å²) in [6, 6.07) is 1.80. The molecule has 11 aliphatic rings. The minimum absolute atomic E-state index is 0.0773. The summed E-state index contributed by atoms with van der Waals surface area (Å²) in [4.78, 5) is 6.38. The zero-order valence-electron chi connectivity index (χ0n) is 37.0. The Kier molecular flexibility index (Phi) is 8.58. The van der Waals surface area contributed by atoms with Crippen molar-refractivity contribution in [2.24, 2.45) is 28.1 Å². The molecule has 0 bridgehead atoms. The first kappa shape index (κ1) is 37.5. The van der Waals surface area contributed by atoms with E-state index in [2.05, 4.69) is 120 Å². The predicted molar refractivity (Wildman–Crippen MR) is 238 cm³/mol. The first-order valence-corrected chi connectivity index (χ1v) is 24.2. The van der Waals surface area contributed by atoms with Gasteiger partial charge in [0.2, 0.25) is 0 Å². The van der Waals surface area contributed by atoms with E-state index in [-0.39, 0.29) is 27.9 Å². The molecule has 9 unspecified atom stereocenters. The molecule has 4 heteroatoms. The van der Waals surface area contributed by atoms with E-state index >= 15 is 0 Å². The topological polar surface area (TPSA) is 15.7 Å². The van der Waals surface area contributed by atoms with Crippen LogP contribution in [0, 0.1) is 28.1 Å². The van der Waals surface area contributed by atoms with Crippen LogP contribution in [0.5, 0.6) is 0 Å². The van der Waals surface area contributed by atoms with Gasteiger partial charge in [0.1, 0.15) is 11.9 Å². The smallest absolute Gasteiger partial charge is 0.168 e. The summed E-state index contributed by atoms with van der Waals surface area (Å²) in [5.74, 6) is 4.19. The van der Waals surface area contributed by atoms with Crippen LogP contribution in [0.25, 0.3) is 0 Å². The number of rotatable bonds is 2. The van der Waals surface area contributed by atoms with Crippen molar-refractivity contribution in [3.05, 3.63) is 94.0 Å². The molecule has 0 aromatic rings. The number of hydrogen-bond acceptors (Lipinski definition) is 3. The van der Waals surface area contributed by atoms with E-state index in [9.17, 15) is 0 Å². The van der Waals surface area contributed by atoms with E-state index in [1.165, 1.54) is 102 Å². The lowest BCUT2D eigenvalue weighted by molar-refractivity contribution is 0.0187. The molecule has 0 radical (unpaired) electrons. The Hall–Kier alpha value is -2.46. The van der Waals surface area contributed by atoms with Gasteiger partial charge in [-0.1, -0.05) is 128 Å². The number of nitrogens with zero attached hydrogens (tertiary/aromatic N) is 2. The lowest BCUT2D eigenvalue weighted by atomic mass is 9.20. The van der Waals surface area contributed by atoms with Crippen molar-refractivity contribution in [1.29, 1.82) is 0 Å². The molecule has 0 aromatic heterocycles. The van der Waals surface area contributed by atoms with Crippen molar-refractivity contribution in [3.63, 3.8) is 0 Å². The van der Waals surface area contributed by atoms with Crippen molar-refractivity contribution < 1.29 is 4.74 Å². The predicted octanol–water partition coefficient (Wildman–Crippen LogP) is 13.1. The summed E-state index contributed by atoms with van der Waals surface area (Å²) in [5.41, 5.74) is 10.9. The zero-order chi connectivity index (χ0) is 39.2. The van der Waals surface area contributed by atoms with Crippen molar-refractivity contribution in [3.8, 4) is 0 Å². The van der Waals surface area contributed by atoms with E-state index in [1.807, 2.05) is 5.57 Å². The van der Waals surface area contributed by atoms with Gasteiger partial charge in [-0.25, -0.2) is 0 Å². The van der Waals surface area contributed by atoms with Gasteiger partial charge in [-0.05, 0) is 140 Å². The Balaban J connectivity index is 1.14. The first-order valence-electron chi connectivity index (χ1n) is 24.2. The van der Waals surface area contributed by atoms with Crippen LogP contribution in [0.1, 0.15) is 152 Å². The summed E-state index contributed by atoms with van der Waals surface area (Å²) in [6.45, 7) is 21.1. The molecule has 304 valence electrons. The van der Waals surface area contributed by atoms with Crippen molar-refractivity contribution in [1.82, 2.24) is 9.80 Å². The molecule has 0 aromatic carbocycles. The molecule has 11 rings (SSSR count). The van der Waals surface area contributed by atoms with Gasteiger partial charge in [-0.2, -0.15) is 0 Å². The minimum atomic E-state index is 0.0773. The van der Waals surface area contributed by atoms with Gasteiger partial charge in [0.15, 0.2) is 6.71 Å². The Morgan fingerprint density at radius 2 is 1.58 bits per heavy atom. The van der Waals surface area contributed by atoms with Gasteiger partial charge in [0.25, 0.3) is 0 Å². The summed E-state index contributed by atoms with van der Waals surface area (Å²) in [7, 11) is 0. The molecule has 7 aliphatic carbocycles. The molecule has 4 aliphatic heterocycles. The van der Waals surface area contributed by atoms with Crippen LogP contribution in [0.3, 0.4) is 0 Å². The minimum Gasteiger partial charge on any atom is -0.488 e. The maximum absolute atomic E-state index is 7.22. The van der Waals surface area contributed by atoms with E-state index < -0.39 is 0 Å². The highest BCUT2D eigenvalue weighted by Gasteiger charge is 2.71. The molecule has 3 nitrogen and oxygen atoms in total. The fourth-order valence-electron chi connectivity index (χ4n) is 15.8. The Morgan fingerprint density at radius 1 is 0.825 bits per heavy atom. The van der Waals surface area contributed by atoms with Gasteiger partial charge in [0, 0.05) is 34.7 Å². The van der Waals surface area contributed by atoms with E-state index in [0.717, 1.165) is 0 Å². The molecule has 3 saturated heterocycles. The maximum atomic E-state index is 7.22. The molecular weight excluding hydrogens is 691 g/mol. The quantitative estimate of drug-likeness (QED) is 0.206. The third-order valence-corrected chi connectivity index (χ3v) is 18.5. The molecule has 57 heavy (non-hydrogen) atoms. The monoisotopic (exact) mass is 765 g/mol. The van der Waals surface area contributed by atoms with E-state index in [0.29, 0.717) is 60.2 Å². The fraction of sp³-hybridized carbons (Fsp3) is 0.698. The van der Waals surface area contributed by atoms with Crippen LogP contribution in [0.2, 0.25) is 17.5 Å². The van der Waals surface area contributed by atoms with Crippen LogP contribution in [-0.4, -0.2) is 52.3 Å². The summed E-state index contributed by atoms with van der Waals surface area (Å²) in [5, 5.41) is 0. The number of allylic oxidation sites excluding steroid dienone is 7. The SMILES string of the molecule is CC(C)(C)C1=CC2B3C4CC(C(C)(C)C)=CCC4N(C4CCCC5=C4OC4C=CC=CC54)C4C=C(C5CCCCC5)C=C(C34)N3C2C(=C1)C1(CCCCC1)C3(C)C. The highest BCUT2D eigenvalue weighted by molar-refractivity contribution is 6.66. The highest BCUT2D eigenvalue weighted by atomic mass is 16.5. The Labute approximate surface area is 347 Å². The second-order valence-corrected chi connectivity index (χ2v) is 23.5. The van der Waals surface area contributed by atoms with Gasteiger partial charge >= 0.3 is 0 Å². The van der Waals surface area contributed by atoms with Crippen LogP contribution in [0.15, 0.2) is 94.0 Å². The fourth-order valence-corrected chi connectivity index (χ4v) is 15.8. The van der Waals surface area contributed by atoms with Crippen LogP contribution in [0.4, 0.5) is 0 Å². The molecular formula is C53H73BN2O. The molecule has 2 saturated carbocycles. The number of fused-ring (bicyclic) bond motifs is 7. The third-order valence-electron chi connectivity index (χ3n) is 18.5. The van der Waals surface area contributed by atoms with Crippen molar-refractivity contribution in [2.75, 3.05) is 0 Å². The maximum Gasteiger partial charge on any atom is 0.168 e. The largest absolute Gasteiger partial charge is 0.488 e. The lowest BCUT2D eigenvalue weighted by Gasteiger charge is -2.65. The summed E-state index contributed by atoms with van der Waals surface area (Å²) >= 11 is 0. The normalized spacial score (nSPS) is 39.2. The van der Waals surface area contributed by atoms with Gasteiger partial charge < -0.3 is 9.64 Å². The molecule has 9 atom stereocenters. The lowest BCUT2D eigenvalue weighted by Crippen LogP contribution is -2.69. The zero-order valence-corrected chi connectivity index (χ0v) is 37.0. The molecule has 0 amide bonds. The summed E-state index contributed by atoms with van der Waals surface area (Å²) < 4.78 is 7.22. The number of hydrogen-bond donors (Lipinski definition) is 0. The highest BCUT2D eigenvalue weighted by Crippen LogP contribution is 2.71. The molecule has 4 heterocycles. The van der Waals surface area contributed by atoms with E-state index in [4.69, 9.17) is 4.74 Å². The Morgan fingerprint density at radius 3 is 2.33 bits per heavy atom. The Bertz CT molecular complexity index is 1940. The second-order valence-electron chi connectivity index (χ2n) is 23.5. The third kappa shape index (κ3) is 5.38. The number of ether oxygens (including phenoxy) is 1. The molecule has 1 spiro atoms. The average molecular weight is 765 g/mol. The second kappa shape index (κ2) is 13.0. The van der Waals surface area contributed by atoms with Crippen molar-refractivity contribution >= 4 is 6.71 Å².